The van der Waals surface area contributed by atoms with Crippen LogP contribution in [0.3, 0.4) is 0 Å². The fourth-order valence-corrected chi connectivity index (χ4v) is 2.63. The molecule has 1 aromatic carbocycles. The van der Waals surface area contributed by atoms with Crippen LogP contribution in [0.5, 0.6) is 0 Å². The van der Waals surface area contributed by atoms with Gasteiger partial charge in [-0.2, -0.15) is 9.50 Å². The lowest BCUT2D eigenvalue weighted by Gasteiger charge is -2.08. The number of hydrogen-bond acceptors (Lipinski definition) is 5. The van der Waals surface area contributed by atoms with Gasteiger partial charge in [-0.1, -0.05) is 0 Å². The lowest BCUT2D eigenvalue weighted by Crippen LogP contribution is -2.02. The molecule has 0 unspecified atom stereocenters. The van der Waals surface area contributed by atoms with Crippen LogP contribution < -0.4 is 5.32 Å². The van der Waals surface area contributed by atoms with Gasteiger partial charge in [0.15, 0.2) is 5.82 Å². The molecule has 2 aromatic heterocycles. The molecule has 1 aliphatic carbocycles. The summed E-state index contributed by atoms with van der Waals surface area (Å²) in [6.07, 6.45) is 3.54. The van der Waals surface area contributed by atoms with Crippen LogP contribution in [-0.4, -0.2) is 19.6 Å². The van der Waals surface area contributed by atoms with Gasteiger partial charge >= 0.3 is 0 Å². The maximum Gasteiger partial charge on any atom is 0.254 e. The Kier molecular flexibility index (Phi) is 3.26. The van der Waals surface area contributed by atoms with Gasteiger partial charge < -0.3 is 5.32 Å². The van der Waals surface area contributed by atoms with E-state index in [1.807, 2.05) is 37.3 Å². The summed E-state index contributed by atoms with van der Waals surface area (Å²) in [4.78, 5) is 9.98. The van der Waals surface area contributed by atoms with Gasteiger partial charge in [-0.15, -0.1) is 17.7 Å². The molecule has 112 valence electrons. The summed E-state index contributed by atoms with van der Waals surface area (Å²) in [7, 11) is 0. The second-order valence-electron chi connectivity index (χ2n) is 5.84. The first-order valence-electron chi connectivity index (χ1n) is 7.47. The van der Waals surface area contributed by atoms with Crippen molar-refractivity contribution in [1.29, 1.82) is 0 Å². The molecule has 0 radical (unpaired) electrons. The molecule has 4 rings (SSSR count). The Balaban J connectivity index is 1.71. The highest BCUT2D eigenvalue weighted by atomic mass is 32.1. The van der Waals surface area contributed by atoms with Gasteiger partial charge in [0, 0.05) is 28.8 Å². The minimum Gasteiger partial charge on any atom is -0.340 e. The summed E-state index contributed by atoms with van der Waals surface area (Å²) in [5.41, 5.74) is 1.91. The van der Waals surface area contributed by atoms with Crippen LogP contribution in [0.15, 0.2) is 35.2 Å². The summed E-state index contributed by atoms with van der Waals surface area (Å²) in [5.74, 6) is 3.18. The molecule has 0 bridgehead atoms. The monoisotopic (exact) mass is 311 g/mol. The van der Waals surface area contributed by atoms with E-state index in [-0.39, 0.29) is 0 Å². The zero-order chi connectivity index (χ0) is 15.1. The Hall–Kier alpha value is -2.08. The van der Waals surface area contributed by atoms with E-state index >= 15 is 0 Å². The normalized spacial score (nSPS) is 14.5. The molecular weight excluding hydrogens is 294 g/mol. The Morgan fingerprint density at radius 3 is 2.73 bits per heavy atom. The van der Waals surface area contributed by atoms with Gasteiger partial charge in [-0.3, -0.25) is 0 Å². The van der Waals surface area contributed by atoms with Crippen molar-refractivity contribution in [3.8, 4) is 0 Å². The molecule has 0 aliphatic heterocycles. The summed E-state index contributed by atoms with van der Waals surface area (Å²) < 4.78 is 1.79. The summed E-state index contributed by atoms with van der Waals surface area (Å²) in [6, 6.07) is 9.88. The molecule has 6 heteroatoms. The molecule has 5 nitrogen and oxygen atoms in total. The molecule has 0 atom stereocenters. The largest absolute Gasteiger partial charge is 0.340 e. The van der Waals surface area contributed by atoms with Gasteiger partial charge in [0.05, 0.1) is 0 Å². The smallest absolute Gasteiger partial charge is 0.254 e. The summed E-state index contributed by atoms with van der Waals surface area (Å²) >= 11 is 4.31. The number of fused-ring (bicyclic) bond motifs is 1. The first-order valence-corrected chi connectivity index (χ1v) is 7.91. The fraction of sp³-hybridized carbons (Fsp3) is 0.312. The number of aryl methyl sites for hydroxylation is 1. The minimum absolute atomic E-state index is 0.656. The first kappa shape index (κ1) is 13.6. The van der Waals surface area contributed by atoms with Crippen molar-refractivity contribution in [1.82, 2.24) is 19.6 Å². The van der Waals surface area contributed by atoms with Crippen LogP contribution in [-0.2, 0) is 6.42 Å². The van der Waals surface area contributed by atoms with Crippen molar-refractivity contribution in [3.05, 3.63) is 41.9 Å². The third kappa shape index (κ3) is 2.78. The van der Waals surface area contributed by atoms with Gasteiger partial charge in [0.1, 0.15) is 5.82 Å². The van der Waals surface area contributed by atoms with Crippen molar-refractivity contribution in [2.75, 3.05) is 5.32 Å². The van der Waals surface area contributed by atoms with E-state index in [0.29, 0.717) is 5.78 Å². The molecule has 1 fully saturated rings. The molecule has 0 saturated heterocycles. The summed E-state index contributed by atoms with van der Waals surface area (Å²) in [6.45, 7) is 1.97. The van der Waals surface area contributed by atoms with Crippen LogP contribution >= 0.6 is 12.6 Å². The predicted molar refractivity (Wildman–Crippen MR) is 88.9 cm³/mol. The number of nitrogens with zero attached hydrogens (tertiary/aromatic N) is 4. The molecule has 1 saturated carbocycles. The molecular formula is C16H17N5S. The highest BCUT2D eigenvalue weighted by Gasteiger charge is 2.24. The maximum atomic E-state index is 4.61. The topological polar surface area (TPSA) is 55.1 Å². The van der Waals surface area contributed by atoms with Crippen LogP contribution in [0, 0.1) is 12.8 Å². The van der Waals surface area contributed by atoms with Gasteiger partial charge in [-0.05, 0) is 49.9 Å². The van der Waals surface area contributed by atoms with E-state index in [0.717, 1.165) is 40.3 Å². The Morgan fingerprint density at radius 2 is 2.00 bits per heavy atom. The molecule has 0 spiro atoms. The van der Waals surface area contributed by atoms with E-state index in [9.17, 15) is 0 Å². The van der Waals surface area contributed by atoms with Gasteiger partial charge in [0.25, 0.3) is 5.78 Å². The highest BCUT2D eigenvalue weighted by molar-refractivity contribution is 7.80. The molecule has 3 aromatic rings. The number of aromatic nitrogens is 4. The number of hydrogen-bond donors (Lipinski definition) is 2. The average molecular weight is 311 g/mol. The zero-order valence-corrected chi connectivity index (χ0v) is 13.2. The standard InChI is InChI=1S/C16H17N5S/c1-10-8-15(18-12-4-6-13(22)7-5-12)21-16(17-10)19-14(20-21)9-11-2-3-11/h4-8,11,18,22H,2-3,9H2,1H3. The van der Waals surface area contributed by atoms with Crippen molar-refractivity contribution in [3.63, 3.8) is 0 Å². The Labute approximate surface area is 134 Å². The van der Waals surface area contributed by atoms with Gasteiger partial charge in [0.2, 0.25) is 0 Å². The lowest BCUT2D eigenvalue weighted by molar-refractivity contribution is 0.764. The van der Waals surface area contributed by atoms with Crippen molar-refractivity contribution >= 4 is 29.9 Å². The Morgan fingerprint density at radius 1 is 1.23 bits per heavy atom. The lowest BCUT2D eigenvalue weighted by atomic mass is 10.3. The van der Waals surface area contributed by atoms with Crippen LogP contribution in [0.1, 0.15) is 24.4 Å². The van der Waals surface area contributed by atoms with E-state index in [2.05, 4.69) is 33.0 Å². The van der Waals surface area contributed by atoms with E-state index in [4.69, 9.17) is 0 Å². The SMILES string of the molecule is Cc1cc(Nc2ccc(S)cc2)n2nc(CC3CC3)nc2n1. The number of rotatable bonds is 4. The molecule has 22 heavy (non-hydrogen) atoms. The quantitative estimate of drug-likeness (QED) is 0.725. The molecule has 2 heterocycles. The van der Waals surface area contributed by atoms with Crippen LogP contribution in [0.2, 0.25) is 0 Å². The maximum absolute atomic E-state index is 4.61. The predicted octanol–water partition coefficient (Wildman–Crippen LogP) is 3.42. The Bertz CT molecular complexity index is 820. The van der Waals surface area contributed by atoms with E-state index in [1.165, 1.54) is 12.8 Å². The fourth-order valence-electron chi connectivity index (χ4n) is 2.48. The number of anilines is 2. The second-order valence-corrected chi connectivity index (χ2v) is 6.36. The third-order valence-corrected chi connectivity index (χ3v) is 4.09. The van der Waals surface area contributed by atoms with E-state index in [1.54, 1.807) is 4.52 Å². The third-order valence-electron chi connectivity index (χ3n) is 3.79. The first-order chi connectivity index (χ1) is 10.7. The number of nitrogens with one attached hydrogen (secondary N) is 1. The second kappa shape index (κ2) is 5.28. The number of thiol groups is 1. The summed E-state index contributed by atoms with van der Waals surface area (Å²) in [5, 5.41) is 8.00. The zero-order valence-electron chi connectivity index (χ0n) is 12.3. The number of benzene rings is 1. The van der Waals surface area contributed by atoms with Gasteiger partial charge in [-0.25, -0.2) is 4.98 Å². The molecule has 1 aliphatic rings. The molecule has 0 amide bonds. The molecule has 1 N–H and O–H groups in total. The van der Waals surface area contributed by atoms with Crippen molar-refractivity contribution < 1.29 is 0 Å². The van der Waals surface area contributed by atoms with Crippen LogP contribution in [0.4, 0.5) is 11.5 Å². The van der Waals surface area contributed by atoms with E-state index < -0.39 is 0 Å². The van der Waals surface area contributed by atoms with Crippen molar-refractivity contribution in [2.24, 2.45) is 5.92 Å². The van der Waals surface area contributed by atoms with Crippen LogP contribution in [0.25, 0.3) is 5.78 Å². The van der Waals surface area contributed by atoms with Crippen molar-refractivity contribution in [2.45, 2.75) is 31.1 Å². The minimum atomic E-state index is 0.656. The highest BCUT2D eigenvalue weighted by Crippen LogP contribution is 2.32. The average Bonchev–Trinajstić information content (AvgIpc) is 3.19.